The molecule has 0 aromatic heterocycles. The lowest BCUT2D eigenvalue weighted by atomic mass is 10.2. The first-order valence-electron chi connectivity index (χ1n) is 3.94. The van der Waals surface area contributed by atoms with Crippen molar-refractivity contribution in [1.29, 1.82) is 5.26 Å². The summed E-state index contributed by atoms with van der Waals surface area (Å²) in [6, 6.07) is 7.52. The summed E-state index contributed by atoms with van der Waals surface area (Å²) in [5.41, 5.74) is 1.53. The maximum absolute atomic E-state index is 8.81. The van der Waals surface area contributed by atoms with Crippen LogP contribution in [0.4, 0.5) is 5.69 Å². The molecule has 3 nitrogen and oxygen atoms in total. The molecule has 0 saturated carbocycles. The number of methoxy groups -OCH3 is 1. The third kappa shape index (κ3) is 1.91. The van der Waals surface area contributed by atoms with E-state index in [-0.39, 0.29) is 0 Å². The van der Waals surface area contributed by atoms with Crippen LogP contribution in [-0.2, 0) is 0 Å². The molecule has 0 radical (unpaired) electrons. The number of anilines is 1. The summed E-state index contributed by atoms with van der Waals surface area (Å²) < 4.78 is 5.07. The van der Waals surface area contributed by atoms with Crippen LogP contribution in [0.1, 0.15) is 5.56 Å². The van der Waals surface area contributed by atoms with E-state index >= 15 is 0 Å². The van der Waals surface area contributed by atoms with Gasteiger partial charge in [-0.05, 0) is 12.1 Å². The van der Waals surface area contributed by atoms with E-state index in [1.807, 2.05) is 25.1 Å². The van der Waals surface area contributed by atoms with E-state index in [0.717, 1.165) is 11.4 Å². The number of nitriles is 1. The van der Waals surface area contributed by atoms with Gasteiger partial charge in [0.2, 0.25) is 0 Å². The van der Waals surface area contributed by atoms with Gasteiger partial charge >= 0.3 is 0 Å². The highest BCUT2D eigenvalue weighted by Gasteiger charge is 2.04. The van der Waals surface area contributed by atoms with E-state index in [9.17, 15) is 0 Å². The maximum Gasteiger partial charge on any atom is 0.121 e. The highest BCUT2D eigenvalue weighted by atomic mass is 16.5. The first-order chi connectivity index (χ1) is 6.19. The van der Waals surface area contributed by atoms with Gasteiger partial charge in [0.05, 0.1) is 18.4 Å². The minimum absolute atomic E-state index is 0.658. The molecule has 0 bridgehead atoms. The average Bonchev–Trinajstić information content (AvgIpc) is 2.16. The van der Waals surface area contributed by atoms with Gasteiger partial charge in [0, 0.05) is 20.2 Å². The van der Waals surface area contributed by atoms with E-state index in [1.165, 1.54) is 0 Å². The van der Waals surface area contributed by atoms with E-state index in [2.05, 4.69) is 6.07 Å². The first kappa shape index (κ1) is 9.40. The molecule has 0 atom stereocenters. The number of rotatable bonds is 2. The summed E-state index contributed by atoms with van der Waals surface area (Å²) >= 11 is 0. The van der Waals surface area contributed by atoms with Crippen molar-refractivity contribution in [3.63, 3.8) is 0 Å². The number of ether oxygens (including phenoxy) is 1. The second-order valence-corrected chi connectivity index (χ2v) is 2.89. The molecular formula is C10H12N2O. The van der Waals surface area contributed by atoms with Crippen LogP contribution in [0.3, 0.4) is 0 Å². The Labute approximate surface area is 78.2 Å². The highest BCUT2D eigenvalue weighted by molar-refractivity contribution is 5.61. The van der Waals surface area contributed by atoms with Crippen LogP contribution < -0.4 is 9.64 Å². The number of hydrogen-bond acceptors (Lipinski definition) is 3. The van der Waals surface area contributed by atoms with Crippen LogP contribution in [0.5, 0.6) is 5.75 Å². The monoisotopic (exact) mass is 176 g/mol. The summed E-state index contributed by atoms with van der Waals surface area (Å²) in [5.74, 6) is 0.766. The number of hydrogen-bond donors (Lipinski definition) is 0. The zero-order valence-electron chi connectivity index (χ0n) is 8.03. The van der Waals surface area contributed by atoms with Crippen LogP contribution in [0.25, 0.3) is 0 Å². The van der Waals surface area contributed by atoms with Crippen LogP contribution in [-0.4, -0.2) is 21.2 Å². The van der Waals surface area contributed by atoms with Crippen molar-refractivity contribution in [3.05, 3.63) is 23.8 Å². The third-order valence-corrected chi connectivity index (χ3v) is 1.81. The second kappa shape index (κ2) is 3.81. The standard InChI is InChI=1S/C10H12N2O/c1-12(2)10-6-9(13-3)5-4-8(10)7-11/h4-6H,1-3H3. The van der Waals surface area contributed by atoms with Crippen molar-refractivity contribution in [3.8, 4) is 11.8 Å². The smallest absolute Gasteiger partial charge is 0.121 e. The SMILES string of the molecule is COc1ccc(C#N)c(N(C)C)c1. The Morgan fingerprint density at radius 1 is 1.38 bits per heavy atom. The largest absolute Gasteiger partial charge is 0.497 e. The predicted molar refractivity (Wildman–Crippen MR) is 52.0 cm³/mol. The van der Waals surface area contributed by atoms with Gasteiger partial charge in [-0.25, -0.2) is 0 Å². The summed E-state index contributed by atoms with van der Waals surface area (Å²) in [4.78, 5) is 1.89. The van der Waals surface area contributed by atoms with E-state index in [4.69, 9.17) is 10.00 Å². The van der Waals surface area contributed by atoms with Gasteiger partial charge in [-0.1, -0.05) is 0 Å². The Morgan fingerprint density at radius 2 is 2.08 bits per heavy atom. The van der Waals surface area contributed by atoms with E-state index < -0.39 is 0 Å². The van der Waals surface area contributed by atoms with Crippen molar-refractivity contribution >= 4 is 5.69 Å². The van der Waals surface area contributed by atoms with Crippen LogP contribution in [0.15, 0.2) is 18.2 Å². The molecule has 0 N–H and O–H groups in total. The fraction of sp³-hybridized carbons (Fsp3) is 0.300. The molecule has 0 saturated heterocycles. The molecule has 0 aliphatic carbocycles. The molecule has 13 heavy (non-hydrogen) atoms. The molecule has 1 aromatic carbocycles. The van der Waals surface area contributed by atoms with Gasteiger partial charge in [0.25, 0.3) is 0 Å². The lowest BCUT2D eigenvalue weighted by Crippen LogP contribution is -2.10. The summed E-state index contributed by atoms with van der Waals surface area (Å²) in [7, 11) is 5.41. The Hall–Kier alpha value is -1.69. The van der Waals surface area contributed by atoms with Crippen molar-refractivity contribution in [2.45, 2.75) is 0 Å². The lowest BCUT2D eigenvalue weighted by Gasteiger charge is -2.14. The summed E-state index contributed by atoms with van der Waals surface area (Å²) in [6.45, 7) is 0. The fourth-order valence-electron chi connectivity index (χ4n) is 1.10. The summed E-state index contributed by atoms with van der Waals surface area (Å²) in [5, 5.41) is 8.81. The highest BCUT2D eigenvalue weighted by Crippen LogP contribution is 2.23. The zero-order chi connectivity index (χ0) is 9.84. The van der Waals surface area contributed by atoms with Crippen LogP contribution in [0, 0.1) is 11.3 Å². The molecule has 0 aliphatic heterocycles. The Bertz CT molecular complexity index is 339. The van der Waals surface area contributed by atoms with Crippen molar-refractivity contribution in [2.75, 3.05) is 26.1 Å². The molecule has 1 rings (SSSR count). The molecule has 68 valence electrons. The lowest BCUT2D eigenvalue weighted by molar-refractivity contribution is 0.415. The van der Waals surface area contributed by atoms with Crippen LogP contribution >= 0.6 is 0 Å². The minimum Gasteiger partial charge on any atom is -0.497 e. The molecule has 1 aromatic rings. The quantitative estimate of drug-likeness (QED) is 0.687. The first-order valence-corrected chi connectivity index (χ1v) is 3.94. The third-order valence-electron chi connectivity index (χ3n) is 1.81. The topological polar surface area (TPSA) is 36.3 Å². The molecule has 0 fully saturated rings. The van der Waals surface area contributed by atoms with E-state index in [1.54, 1.807) is 19.2 Å². The Kier molecular flexibility index (Phi) is 2.76. The number of benzene rings is 1. The molecule has 0 heterocycles. The maximum atomic E-state index is 8.81. The Morgan fingerprint density at radius 3 is 2.54 bits per heavy atom. The van der Waals surface area contributed by atoms with Gasteiger partial charge in [0.15, 0.2) is 0 Å². The van der Waals surface area contributed by atoms with Crippen LogP contribution in [0.2, 0.25) is 0 Å². The van der Waals surface area contributed by atoms with Crippen molar-refractivity contribution < 1.29 is 4.74 Å². The minimum atomic E-state index is 0.658. The van der Waals surface area contributed by atoms with E-state index in [0.29, 0.717) is 5.56 Å². The number of nitrogens with zero attached hydrogens (tertiary/aromatic N) is 2. The normalized spacial score (nSPS) is 9.08. The van der Waals surface area contributed by atoms with Crippen molar-refractivity contribution in [1.82, 2.24) is 0 Å². The molecule has 0 spiro atoms. The summed E-state index contributed by atoms with van der Waals surface area (Å²) in [6.07, 6.45) is 0. The average molecular weight is 176 g/mol. The molecule has 0 aliphatic rings. The predicted octanol–water partition coefficient (Wildman–Crippen LogP) is 1.63. The fourth-order valence-corrected chi connectivity index (χ4v) is 1.10. The zero-order valence-corrected chi connectivity index (χ0v) is 8.03. The molecule has 3 heteroatoms. The van der Waals surface area contributed by atoms with Gasteiger partial charge in [-0.3, -0.25) is 0 Å². The van der Waals surface area contributed by atoms with Gasteiger partial charge < -0.3 is 9.64 Å². The Balaban J connectivity index is 3.20. The van der Waals surface area contributed by atoms with Gasteiger partial charge in [-0.15, -0.1) is 0 Å². The molecule has 0 unspecified atom stereocenters. The molecule has 0 amide bonds. The second-order valence-electron chi connectivity index (χ2n) is 2.89. The van der Waals surface area contributed by atoms with Crippen molar-refractivity contribution in [2.24, 2.45) is 0 Å². The molecular weight excluding hydrogens is 164 g/mol. The van der Waals surface area contributed by atoms with Gasteiger partial charge in [0.1, 0.15) is 11.8 Å². The van der Waals surface area contributed by atoms with Gasteiger partial charge in [-0.2, -0.15) is 5.26 Å².